The summed E-state index contributed by atoms with van der Waals surface area (Å²) in [4.78, 5) is 28.9. The van der Waals surface area contributed by atoms with Crippen molar-refractivity contribution in [1.29, 1.82) is 0 Å². The van der Waals surface area contributed by atoms with Gasteiger partial charge in [-0.1, -0.05) is 23.7 Å². The van der Waals surface area contributed by atoms with E-state index in [2.05, 4.69) is 15.6 Å². The number of nitrogens with one attached hydrogen (secondary N) is 3. The summed E-state index contributed by atoms with van der Waals surface area (Å²) in [5.41, 5.74) is 0.408. The number of alkyl halides is 3. The van der Waals surface area contributed by atoms with Crippen molar-refractivity contribution in [3.05, 3.63) is 52.6 Å². The lowest BCUT2D eigenvalue weighted by atomic mass is 10.0. The second-order valence-electron chi connectivity index (χ2n) is 5.44. The van der Waals surface area contributed by atoms with Crippen LogP contribution in [0.2, 0.25) is 5.02 Å². The minimum atomic E-state index is -4.66. The highest BCUT2D eigenvalue weighted by atomic mass is 35.5. The number of benzene rings is 1. The van der Waals surface area contributed by atoms with Crippen LogP contribution in [-0.2, 0) is 15.7 Å². The number of alkyl carbamates (subject to hydrolysis) is 1. The Labute approximate surface area is 149 Å². The zero-order valence-electron chi connectivity index (χ0n) is 12.9. The number of cyclic esters (lactones) is 1. The molecule has 0 spiro atoms. The van der Waals surface area contributed by atoms with Crippen LogP contribution in [0, 0.1) is 0 Å². The van der Waals surface area contributed by atoms with Gasteiger partial charge in [0.15, 0.2) is 6.10 Å². The number of aromatic nitrogens is 2. The minimum Gasteiger partial charge on any atom is -0.434 e. The number of amides is 2. The summed E-state index contributed by atoms with van der Waals surface area (Å²) in [6.45, 7) is -0.0353. The van der Waals surface area contributed by atoms with E-state index < -0.39 is 36.1 Å². The fourth-order valence-electron chi connectivity index (χ4n) is 2.38. The molecule has 2 amide bonds. The fraction of sp³-hybridized carbons (Fsp3) is 0.267. The first-order chi connectivity index (χ1) is 12.2. The number of carbonyl (C=O) groups excluding carboxylic acids is 2. The van der Waals surface area contributed by atoms with Crippen molar-refractivity contribution in [2.45, 2.75) is 18.3 Å². The molecule has 3 rings (SSSR count). The van der Waals surface area contributed by atoms with Crippen LogP contribution in [0.3, 0.4) is 0 Å². The molecule has 1 aromatic heterocycles. The summed E-state index contributed by atoms with van der Waals surface area (Å²) in [6.07, 6.45) is -5.43. The predicted octanol–water partition coefficient (Wildman–Crippen LogP) is 2.40. The Bertz CT molecular complexity index is 822. The van der Waals surface area contributed by atoms with Crippen LogP contribution in [0.4, 0.5) is 18.0 Å². The van der Waals surface area contributed by atoms with E-state index in [1.807, 2.05) is 4.98 Å². The zero-order chi connectivity index (χ0) is 18.9. The lowest BCUT2D eigenvalue weighted by Crippen LogP contribution is -2.39. The summed E-state index contributed by atoms with van der Waals surface area (Å²) < 4.78 is 43.2. The fourth-order valence-corrected chi connectivity index (χ4v) is 2.51. The van der Waals surface area contributed by atoms with Gasteiger partial charge in [0.1, 0.15) is 0 Å². The first-order valence-electron chi connectivity index (χ1n) is 7.37. The van der Waals surface area contributed by atoms with Crippen molar-refractivity contribution >= 4 is 23.6 Å². The Hall–Kier alpha value is -2.75. The highest BCUT2D eigenvalue weighted by molar-refractivity contribution is 6.30. The number of nitrogens with zero attached hydrogens (tertiary/aromatic N) is 1. The van der Waals surface area contributed by atoms with Gasteiger partial charge in [-0.15, -0.1) is 0 Å². The molecule has 1 saturated heterocycles. The van der Waals surface area contributed by atoms with Crippen molar-refractivity contribution in [1.82, 2.24) is 20.6 Å². The number of hydrogen-bond acceptors (Lipinski definition) is 4. The standard InChI is InChI=1S/C15H12ClF3N4O3/c16-8-3-1-7(2-4-8)11(9-5-20-13(22-9)15(17,18)19)23-12(24)10-6-21-14(25)26-10/h1-5,10-11H,6H2,(H,20,22)(H,21,25)(H,23,24)/t10?,11-/m0/s1. The second kappa shape index (κ2) is 6.87. The van der Waals surface area contributed by atoms with E-state index in [1.54, 1.807) is 12.1 Å². The van der Waals surface area contributed by atoms with E-state index in [0.29, 0.717) is 10.6 Å². The quantitative estimate of drug-likeness (QED) is 0.749. The number of H-pyrrole nitrogens is 1. The highest BCUT2D eigenvalue weighted by Gasteiger charge is 2.36. The topological polar surface area (TPSA) is 96.1 Å². The number of rotatable bonds is 4. The number of imidazole rings is 1. The molecule has 1 aromatic carbocycles. The van der Waals surface area contributed by atoms with Gasteiger partial charge >= 0.3 is 12.3 Å². The molecular weight excluding hydrogens is 377 g/mol. The molecule has 1 unspecified atom stereocenters. The van der Waals surface area contributed by atoms with E-state index in [1.165, 1.54) is 12.1 Å². The van der Waals surface area contributed by atoms with Gasteiger partial charge in [-0.05, 0) is 17.7 Å². The van der Waals surface area contributed by atoms with Crippen LogP contribution in [0.15, 0.2) is 30.5 Å². The number of hydrogen-bond donors (Lipinski definition) is 3. The maximum atomic E-state index is 12.8. The molecule has 1 aliphatic heterocycles. The lowest BCUT2D eigenvalue weighted by molar-refractivity contribution is -0.144. The van der Waals surface area contributed by atoms with E-state index in [0.717, 1.165) is 6.20 Å². The lowest BCUT2D eigenvalue weighted by Gasteiger charge is -2.19. The highest BCUT2D eigenvalue weighted by Crippen LogP contribution is 2.29. The Morgan fingerprint density at radius 1 is 1.35 bits per heavy atom. The smallest absolute Gasteiger partial charge is 0.434 e. The van der Waals surface area contributed by atoms with Crippen LogP contribution in [-0.4, -0.2) is 34.6 Å². The van der Waals surface area contributed by atoms with Gasteiger partial charge in [-0.3, -0.25) is 4.79 Å². The zero-order valence-corrected chi connectivity index (χ0v) is 13.7. The molecule has 1 aliphatic rings. The number of halogens is 4. The second-order valence-corrected chi connectivity index (χ2v) is 5.88. The van der Waals surface area contributed by atoms with Crippen molar-refractivity contribution in [3.8, 4) is 0 Å². The molecule has 0 saturated carbocycles. The summed E-state index contributed by atoms with van der Waals surface area (Å²) in [6, 6.07) is 5.17. The summed E-state index contributed by atoms with van der Waals surface area (Å²) >= 11 is 5.83. The molecule has 2 heterocycles. The molecule has 138 valence electrons. The van der Waals surface area contributed by atoms with Crippen molar-refractivity contribution in [3.63, 3.8) is 0 Å². The molecule has 0 bridgehead atoms. The summed E-state index contributed by atoms with van der Waals surface area (Å²) in [5, 5.41) is 5.29. The Morgan fingerprint density at radius 2 is 2.04 bits per heavy atom. The third-order valence-electron chi connectivity index (χ3n) is 3.63. The van der Waals surface area contributed by atoms with Gasteiger partial charge in [-0.25, -0.2) is 9.78 Å². The molecular formula is C15H12ClF3N4O3. The first kappa shape index (κ1) is 18.1. The molecule has 2 atom stereocenters. The molecule has 0 radical (unpaired) electrons. The monoisotopic (exact) mass is 388 g/mol. The Kier molecular flexibility index (Phi) is 4.77. The summed E-state index contributed by atoms with van der Waals surface area (Å²) in [7, 11) is 0. The maximum Gasteiger partial charge on any atom is 0.449 e. The number of aromatic amines is 1. The molecule has 3 N–H and O–H groups in total. The first-order valence-corrected chi connectivity index (χ1v) is 7.74. The van der Waals surface area contributed by atoms with Crippen LogP contribution in [0.25, 0.3) is 0 Å². The molecule has 1 fully saturated rings. The van der Waals surface area contributed by atoms with Gasteiger partial charge in [-0.2, -0.15) is 13.2 Å². The molecule has 2 aromatic rings. The molecule has 7 nitrogen and oxygen atoms in total. The van der Waals surface area contributed by atoms with E-state index in [-0.39, 0.29) is 12.2 Å². The van der Waals surface area contributed by atoms with E-state index in [9.17, 15) is 22.8 Å². The van der Waals surface area contributed by atoms with Gasteiger partial charge < -0.3 is 20.4 Å². The average molecular weight is 389 g/mol. The normalized spacial score (nSPS) is 18.2. The van der Waals surface area contributed by atoms with Gasteiger partial charge in [0.25, 0.3) is 5.91 Å². The van der Waals surface area contributed by atoms with Crippen LogP contribution >= 0.6 is 11.6 Å². The molecule has 26 heavy (non-hydrogen) atoms. The molecule has 11 heteroatoms. The average Bonchev–Trinajstić information content (AvgIpc) is 3.22. The number of ether oxygens (including phenoxy) is 1. The van der Waals surface area contributed by atoms with Gasteiger partial charge in [0.2, 0.25) is 5.82 Å². The van der Waals surface area contributed by atoms with Crippen LogP contribution in [0.1, 0.15) is 23.1 Å². The Morgan fingerprint density at radius 3 is 2.58 bits per heavy atom. The van der Waals surface area contributed by atoms with Crippen molar-refractivity contribution in [2.75, 3.05) is 6.54 Å². The van der Waals surface area contributed by atoms with Crippen molar-refractivity contribution < 1.29 is 27.5 Å². The van der Waals surface area contributed by atoms with E-state index >= 15 is 0 Å². The van der Waals surface area contributed by atoms with Crippen molar-refractivity contribution in [2.24, 2.45) is 0 Å². The van der Waals surface area contributed by atoms with Gasteiger partial charge in [0, 0.05) is 11.2 Å². The molecule has 0 aliphatic carbocycles. The number of carbonyl (C=O) groups is 2. The van der Waals surface area contributed by atoms with E-state index in [4.69, 9.17) is 16.3 Å². The maximum absolute atomic E-state index is 12.8. The van der Waals surface area contributed by atoms with Gasteiger partial charge in [0.05, 0.1) is 18.3 Å². The third kappa shape index (κ3) is 3.90. The van der Waals surface area contributed by atoms with Crippen LogP contribution in [0.5, 0.6) is 0 Å². The SMILES string of the molecule is O=C1NCC(C(=O)N[C@@H](c2ccc(Cl)cc2)c2c[nH]c(C(F)(F)F)n2)O1. The predicted molar refractivity (Wildman–Crippen MR) is 83.3 cm³/mol. The van der Waals surface area contributed by atoms with Crippen LogP contribution < -0.4 is 10.6 Å². The Balaban J connectivity index is 1.89. The third-order valence-corrected chi connectivity index (χ3v) is 3.88. The minimum absolute atomic E-state index is 0.0353. The largest absolute Gasteiger partial charge is 0.449 e. The summed E-state index contributed by atoms with van der Waals surface area (Å²) in [5.74, 6) is -1.85.